The molecule has 0 saturated carbocycles. The van der Waals surface area contributed by atoms with Crippen LogP contribution in [0.4, 0.5) is 11.6 Å². The van der Waals surface area contributed by atoms with E-state index in [9.17, 15) is 4.79 Å². The first-order valence-electron chi connectivity index (χ1n) is 10.3. The molecule has 3 aromatic rings. The van der Waals surface area contributed by atoms with Gasteiger partial charge in [0.15, 0.2) is 0 Å². The summed E-state index contributed by atoms with van der Waals surface area (Å²) >= 11 is 0. The molecule has 1 aliphatic heterocycles. The molecule has 0 spiro atoms. The molecule has 0 radical (unpaired) electrons. The number of rotatable bonds is 6. The molecular weight excluding hydrogens is 374 g/mol. The van der Waals surface area contributed by atoms with E-state index in [2.05, 4.69) is 20.3 Å². The predicted octanol–water partition coefficient (Wildman–Crippen LogP) is 4.11. The van der Waals surface area contributed by atoms with Crippen LogP contribution in [-0.4, -0.2) is 38.8 Å². The van der Waals surface area contributed by atoms with Crippen LogP contribution in [0.5, 0.6) is 0 Å². The summed E-state index contributed by atoms with van der Waals surface area (Å²) < 4.78 is 0. The highest BCUT2D eigenvalue weighted by Gasteiger charge is 2.23. The van der Waals surface area contributed by atoms with Crippen LogP contribution in [0.1, 0.15) is 24.1 Å². The van der Waals surface area contributed by atoms with Gasteiger partial charge < -0.3 is 10.2 Å². The number of benzene rings is 1. The molecule has 6 heteroatoms. The number of hydrogen-bond donors (Lipinski definition) is 1. The Labute approximate surface area is 176 Å². The summed E-state index contributed by atoms with van der Waals surface area (Å²) in [5, 5.41) is 3.14. The molecule has 152 valence electrons. The monoisotopic (exact) mass is 399 g/mol. The van der Waals surface area contributed by atoms with Crippen molar-refractivity contribution < 1.29 is 4.79 Å². The number of amides is 1. The van der Waals surface area contributed by atoms with E-state index >= 15 is 0 Å². The first kappa shape index (κ1) is 19.8. The maximum absolute atomic E-state index is 12.6. The van der Waals surface area contributed by atoms with Gasteiger partial charge in [-0.05, 0) is 49.0 Å². The summed E-state index contributed by atoms with van der Waals surface area (Å²) in [6.07, 6.45) is 11.8. The average molecular weight is 399 g/mol. The summed E-state index contributed by atoms with van der Waals surface area (Å²) in [5.74, 6) is 1.88. The van der Waals surface area contributed by atoms with Crippen molar-refractivity contribution in [2.75, 3.05) is 18.4 Å². The number of pyridine rings is 1. The van der Waals surface area contributed by atoms with Crippen LogP contribution in [0.2, 0.25) is 0 Å². The lowest BCUT2D eigenvalue weighted by molar-refractivity contribution is -0.127. The standard InChI is InChI=1S/C24H25N5O/c30-24(12-11-19-7-2-1-3-8-19)29-14-6-9-20(18-29)15-21-16-27-23(17-26-21)28-22-10-4-5-13-25-22/h1-5,7-8,10-13,16-17,20H,6,9,14-15,18H2,(H,25,27,28)/b12-11+/t20-/m0/s1. The second-order valence-corrected chi connectivity index (χ2v) is 7.47. The third-order valence-electron chi connectivity index (χ3n) is 5.17. The third kappa shape index (κ3) is 5.50. The van der Waals surface area contributed by atoms with Crippen molar-refractivity contribution in [2.45, 2.75) is 19.3 Å². The normalized spacial score (nSPS) is 16.5. The van der Waals surface area contributed by atoms with E-state index in [1.807, 2.05) is 59.5 Å². The SMILES string of the molecule is O=C(/C=C/c1ccccc1)N1CCC[C@@H](Cc2cnc(Nc3ccccn3)cn2)C1. The Kier molecular flexibility index (Phi) is 6.44. The zero-order valence-corrected chi connectivity index (χ0v) is 16.8. The van der Waals surface area contributed by atoms with Gasteiger partial charge in [-0.1, -0.05) is 36.4 Å². The van der Waals surface area contributed by atoms with E-state index in [4.69, 9.17) is 0 Å². The molecule has 1 aliphatic rings. The van der Waals surface area contributed by atoms with E-state index in [0.29, 0.717) is 11.7 Å². The zero-order valence-electron chi connectivity index (χ0n) is 16.8. The number of likely N-dealkylation sites (tertiary alicyclic amines) is 1. The molecule has 1 amide bonds. The van der Waals surface area contributed by atoms with Gasteiger partial charge in [0, 0.05) is 25.4 Å². The number of carbonyl (C=O) groups is 1. The Hall–Kier alpha value is -3.54. The average Bonchev–Trinajstić information content (AvgIpc) is 2.80. The number of nitrogens with zero attached hydrogens (tertiary/aromatic N) is 4. The summed E-state index contributed by atoms with van der Waals surface area (Å²) in [5.41, 5.74) is 1.98. The van der Waals surface area contributed by atoms with Crippen molar-refractivity contribution in [3.63, 3.8) is 0 Å². The quantitative estimate of drug-likeness (QED) is 0.632. The molecule has 3 heterocycles. The molecule has 4 rings (SSSR count). The van der Waals surface area contributed by atoms with Gasteiger partial charge in [-0.2, -0.15) is 0 Å². The second-order valence-electron chi connectivity index (χ2n) is 7.47. The van der Waals surface area contributed by atoms with Gasteiger partial charge in [0.2, 0.25) is 5.91 Å². The third-order valence-corrected chi connectivity index (χ3v) is 5.17. The second kappa shape index (κ2) is 9.78. The van der Waals surface area contributed by atoms with Crippen LogP contribution < -0.4 is 5.32 Å². The van der Waals surface area contributed by atoms with Crippen molar-refractivity contribution in [3.05, 3.63) is 84.5 Å². The Bertz CT molecular complexity index is 973. The fourth-order valence-corrected chi connectivity index (χ4v) is 3.66. The molecule has 2 aromatic heterocycles. The number of hydrogen-bond acceptors (Lipinski definition) is 5. The first-order chi connectivity index (χ1) is 14.8. The molecular formula is C24H25N5O. The number of aromatic nitrogens is 3. The topological polar surface area (TPSA) is 71.0 Å². The summed E-state index contributed by atoms with van der Waals surface area (Å²) in [7, 11) is 0. The van der Waals surface area contributed by atoms with Crippen LogP contribution in [-0.2, 0) is 11.2 Å². The van der Waals surface area contributed by atoms with Crippen molar-refractivity contribution >= 4 is 23.6 Å². The number of piperidine rings is 1. The lowest BCUT2D eigenvalue weighted by Crippen LogP contribution is -2.39. The van der Waals surface area contributed by atoms with E-state index in [1.165, 1.54) is 0 Å². The Morgan fingerprint density at radius 2 is 1.90 bits per heavy atom. The highest BCUT2D eigenvalue weighted by molar-refractivity contribution is 5.91. The Morgan fingerprint density at radius 1 is 1.03 bits per heavy atom. The molecule has 30 heavy (non-hydrogen) atoms. The maximum atomic E-state index is 12.6. The molecule has 6 nitrogen and oxygen atoms in total. The van der Waals surface area contributed by atoms with Gasteiger partial charge in [0.25, 0.3) is 0 Å². The van der Waals surface area contributed by atoms with E-state index in [1.54, 1.807) is 24.7 Å². The van der Waals surface area contributed by atoms with Crippen LogP contribution in [0.25, 0.3) is 6.08 Å². The smallest absolute Gasteiger partial charge is 0.246 e. The van der Waals surface area contributed by atoms with Gasteiger partial charge >= 0.3 is 0 Å². The van der Waals surface area contributed by atoms with Crippen molar-refractivity contribution in [1.29, 1.82) is 0 Å². The van der Waals surface area contributed by atoms with E-state index in [-0.39, 0.29) is 5.91 Å². The molecule has 1 fully saturated rings. The highest BCUT2D eigenvalue weighted by atomic mass is 16.2. The van der Waals surface area contributed by atoms with E-state index in [0.717, 1.165) is 49.4 Å². The van der Waals surface area contributed by atoms with Gasteiger partial charge in [-0.3, -0.25) is 9.78 Å². The zero-order chi connectivity index (χ0) is 20.6. The number of nitrogens with one attached hydrogen (secondary N) is 1. The molecule has 1 aromatic carbocycles. The van der Waals surface area contributed by atoms with Gasteiger partial charge in [-0.15, -0.1) is 0 Å². The van der Waals surface area contributed by atoms with Gasteiger partial charge in [0.1, 0.15) is 11.6 Å². The maximum Gasteiger partial charge on any atom is 0.246 e. The van der Waals surface area contributed by atoms with Crippen molar-refractivity contribution in [3.8, 4) is 0 Å². The minimum absolute atomic E-state index is 0.0737. The van der Waals surface area contributed by atoms with Crippen LogP contribution >= 0.6 is 0 Å². The lowest BCUT2D eigenvalue weighted by atomic mass is 9.93. The first-order valence-corrected chi connectivity index (χ1v) is 10.3. The number of anilines is 2. The van der Waals surface area contributed by atoms with Crippen LogP contribution in [0.15, 0.2) is 73.2 Å². The van der Waals surface area contributed by atoms with Gasteiger partial charge in [-0.25, -0.2) is 9.97 Å². The molecule has 0 bridgehead atoms. The van der Waals surface area contributed by atoms with Crippen molar-refractivity contribution in [2.24, 2.45) is 5.92 Å². The predicted molar refractivity (Wildman–Crippen MR) is 118 cm³/mol. The summed E-state index contributed by atoms with van der Waals surface area (Å²) in [6.45, 7) is 1.57. The fraction of sp³-hybridized carbons (Fsp3) is 0.250. The summed E-state index contributed by atoms with van der Waals surface area (Å²) in [6, 6.07) is 15.6. The highest BCUT2D eigenvalue weighted by Crippen LogP contribution is 2.21. The molecule has 1 saturated heterocycles. The van der Waals surface area contributed by atoms with E-state index < -0.39 is 0 Å². The van der Waals surface area contributed by atoms with Crippen molar-refractivity contribution in [1.82, 2.24) is 19.9 Å². The largest absolute Gasteiger partial charge is 0.339 e. The Morgan fingerprint density at radius 3 is 2.67 bits per heavy atom. The summed E-state index contributed by atoms with van der Waals surface area (Å²) in [4.78, 5) is 27.8. The minimum atomic E-state index is 0.0737. The molecule has 0 aliphatic carbocycles. The Balaban J connectivity index is 1.31. The number of carbonyl (C=O) groups excluding carboxylic acids is 1. The minimum Gasteiger partial charge on any atom is -0.339 e. The van der Waals surface area contributed by atoms with Crippen LogP contribution in [0, 0.1) is 5.92 Å². The molecule has 1 N–H and O–H groups in total. The fourth-order valence-electron chi connectivity index (χ4n) is 3.66. The molecule has 0 unspecified atom stereocenters. The lowest BCUT2D eigenvalue weighted by Gasteiger charge is -2.32. The molecule has 1 atom stereocenters. The van der Waals surface area contributed by atoms with Crippen LogP contribution in [0.3, 0.4) is 0 Å². The van der Waals surface area contributed by atoms with Gasteiger partial charge in [0.05, 0.1) is 18.1 Å².